The lowest BCUT2D eigenvalue weighted by Crippen LogP contribution is -2.40. The van der Waals surface area contributed by atoms with Gasteiger partial charge < -0.3 is 15.0 Å². The van der Waals surface area contributed by atoms with Crippen LogP contribution < -0.4 is 15.8 Å². The number of rotatable bonds is 14. The van der Waals surface area contributed by atoms with E-state index in [4.69, 9.17) is 4.74 Å². The number of benzene rings is 2. The maximum Gasteiger partial charge on any atom is 0.338 e. The topological polar surface area (TPSA) is 94.7 Å². The van der Waals surface area contributed by atoms with E-state index < -0.39 is 5.97 Å². The average molecular weight is 601 g/mol. The third-order valence-corrected chi connectivity index (χ3v) is 8.47. The fourth-order valence-corrected chi connectivity index (χ4v) is 5.62. The smallest absolute Gasteiger partial charge is 0.338 e. The van der Waals surface area contributed by atoms with E-state index in [0.717, 1.165) is 61.2 Å². The van der Waals surface area contributed by atoms with Crippen LogP contribution in [0.2, 0.25) is 0 Å². The van der Waals surface area contributed by atoms with E-state index in [0.29, 0.717) is 25.4 Å². The Morgan fingerprint density at radius 2 is 1.75 bits per heavy atom. The number of esters is 1. The standard InChI is InChI=1S/C36H48N4O4/c1-4-5-6-7-8-19-38-36(43)39(3)32-11-9-10-30(24-32)29-14-12-28(13-15-29)23-33(26-40-21-17-27(2)18-22-40)44-35(42)31-16-20-37-34(41)25-31/h9-16,20,24-25,27,33H,4-8,17-19,21-23,26H2,1-3H3,(H,37,41)(H,38,43). The van der Waals surface area contributed by atoms with Gasteiger partial charge in [-0.25, -0.2) is 9.59 Å². The number of carbonyl (C=O) groups excluding carboxylic acids is 2. The number of H-pyrrole nitrogens is 1. The summed E-state index contributed by atoms with van der Waals surface area (Å²) in [5.74, 6) is 0.230. The number of pyridine rings is 1. The molecule has 4 rings (SSSR count). The minimum atomic E-state index is -0.482. The lowest BCUT2D eigenvalue weighted by atomic mass is 9.98. The summed E-state index contributed by atoms with van der Waals surface area (Å²) >= 11 is 0. The SMILES string of the molecule is CCCCCCCNC(=O)N(C)c1cccc(-c2ccc(CC(CN3CCC(C)CC3)OC(=O)c3cc[nH]c(=O)c3)cc2)c1. The van der Waals surface area contributed by atoms with Gasteiger partial charge in [-0.1, -0.05) is 75.9 Å². The number of hydrogen-bond acceptors (Lipinski definition) is 5. The van der Waals surface area contributed by atoms with Crippen LogP contribution in [0.15, 0.2) is 71.7 Å². The molecule has 1 fully saturated rings. The van der Waals surface area contributed by atoms with Gasteiger partial charge in [-0.3, -0.25) is 14.6 Å². The first-order chi connectivity index (χ1) is 21.3. The fraction of sp³-hybridized carbons (Fsp3) is 0.472. The van der Waals surface area contributed by atoms with Crippen molar-refractivity contribution >= 4 is 17.7 Å². The predicted molar refractivity (Wildman–Crippen MR) is 177 cm³/mol. The maximum absolute atomic E-state index is 13.0. The highest BCUT2D eigenvalue weighted by atomic mass is 16.5. The summed E-state index contributed by atoms with van der Waals surface area (Å²) in [5, 5.41) is 3.03. The molecule has 44 heavy (non-hydrogen) atoms. The number of amides is 2. The van der Waals surface area contributed by atoms with Gasteiger partial charge in [0.2, 0.25) is 5.56 Å². The zero-order valence-electron chi connectivity index (χ0n) is 26.5. The molecule has 236 valence electrons. The minimum absolute atomic E-state index is 0.100. The van der Waals surface area contributed by atoms with Crippen LogP contribution >= 0.6 is 0 Å². The molecule has 1 saturated heterocycles. The van der Waals surface area contributed by atoms with Crippen LogP contribution in [0.25, 0.3) is 11.1 Å². The number of anilines is 1. The third kappa shape index (κ3) is 10.1. The quantitative estimate of drug-likeness (QED) is 0.159. The number of likely N-dealkylation sites (tertiary alicyclic amines) is 1. The van der Waals surface area contributed by atoms with E-state index in [1.54, 1.807) is 18.0 Å². The van der Waals surface area contributed by atoms with Crippen LogP contribution in [0, 0.1) is 5.92 Å². The number of piperidine rings is 1. The summed E-state index contributed by atoms with van der Waals surface area (Å²) in [7, 11) is 1.80. The summed E-state index contributed by atoms with van der Waals surface area (Å²) in [6.45, 7) is 7.79. The lowest BCUT2D eigenvalue weighted by molar-refractivity contribution is 0.0171. The zero-order chi connectivity index (χ0) is 31.3. The van der Waals surface area contributed by atoms with E-state index >= 15 is 0 Å². The molecule has 2 amide bonds. The van der Waals surface area contributed by atoms with Crippen molar-refractivity contribution in [2.24, 2.45) is 5.92 Å². The first-order valence-corrected chi connectivity index (χ1v) is 16.2. The molecule has 1 atom stereocenters. The molecule has 1 unspecified atom stereocenters. The van der Waals surface area contributed by atoms with Gasteiger partial charge in [0.15, 0.2) is 0 Å². The van der Waals surface area contributed by atoms with Crippen molar-refractivity contribution in [3.8, 4) is 11.1 Å². The highest BCUT2D eigenvalue weighted by molar-refractivity contribution is 5.92. The van der Waals surface area contributed by atoms with Crippen LogP contribution in [0.5, 0.6) is 0 Å². The van der Waals surface area contributed by atoms with Crippen molar-refractivity contribution in [3.05, 3.63) is 88.3 Å². The van der Waals surface area contributed by atoms with Crippen LogP contribution in [-0.2, 0) is 11.2 Å². The van der Waals surface area contributed by atoms with Crippen molar-refractivity contribution in [1.82, 2.24) is 15.2 Å². The van der Waals surface area contributed by atoms with Gasteiger partial charge in [0.05, 0.1) is 5.56 Å². The second kappa shape index (κ2) is 16.8. The molecule has 1 aromatic heterocycles. The highest BCUT2D eigenvalue weighted by Crippen LogP contribution is 2.26. The molecule has 2 N–H and O–H groups in total. The molecular formula is C36H48N4O4. The number of nitrogens with one attached hydrogen (secondary N) is 2. The number of hydrogen-bond donors (Lipinski definition) is 2. The van der Waals surface area contributed by atoms with Gasteiger partial charge in [0.25, 0.3) is 0 Å². The normalized spacial score (nSPS) is 14.6. The van der Waals surface area contributed by atoms with E-state index in [9.17, 15) is 14.4 Å². The first-order valence-electron chi connectivity index (χ1n) is 16.2. The molecule has 8 heteroatoms. The zero-order valence-corrected chi connectivity index (χ0v) is 26.5. The van der Waals surface area contributed by atoms with Crippen molar-refractivity contribution in [2.45, 2.75) is 71.3 Å². The van der Waals surface area contributed by atoms with Crippen molar-refractivity contribution in [2.75, 3.05) is 38.1 Å². The third-order valence-electron chi connectivity index (χ3n) is 8.47. The summed E-state index contributed by atoms with van der Waals surface area (Å²) < 4.78 is 5.98. The van der Waals surface area contributed by atoms with Gasteiger partial charge in [-0.15, -0.1) is 0 Å². The Morgan fingerprint density at radius 1 is 1.00 bits per heavy atom. The minimum Gasteiger partial charge on any atom is -0.457 e. The second-order valence-electron chi connectivity index (χ2n) is 12.1. The first kappa shape index (κ1) is 33.0. The molecular weight excluding hydrogens is 552 g/mol. The number of carbonyl (C=O) groups is 2. The molecule has 2 aromatic carbocycles. The molecule has 0 bridgehead atoms. The lowest BCUT2D eigenvalue weighted by Gasteiger charge is -2.33. The molecule has 1 aliphatic rings. The summed E-state index contributed by atoms with van der Waals surface area (Å²) in [6, 6.07) is 19.0. The van der Waals surface area contributed by atoms with Gasteiger partial charge in [-0.05, 0) is 73.2 Å². The molecule has 0 spiro atoms. The molecule has 2 heterocycles. The van der Waals surface area contributed by atoms with E-state index in [-0.39, 0.29) is 23.3 Å². The van der Waals surface area contributed by atoms with Gasteiger partial charge in [-0.2, -0.15) is 0 Å². The summed E-state index contributed by atoms with van der Waals surface area (Å²) in [6.07, 6.45) is 9.76. The van der Waals surface area contributed by atoms with Crippen LogP contribution in [0.3, 0.4) is 0 Å². The largest absolute Gasteiger partial charge is 0.457 e. The molecule has 8 nitrogen and oxygen atoms in total. The summed E-state index contributed by atoms with van der Waals surface area (Å²) in [4.78, 5) is 44.0. The van der Waals surface area contributed by atoms with E-state index in [1.165, 1.54) is 31.5 Å². The molecule has 0 saturated carbocycles. The molecule has 0 radical (unpaired) electrons. The number of ether oxygens (including phenoxy) is 1. The molecule has 3 aromatic rings. The van der Waals surface area contributed by atoms with E-state index in [2.05, 4.69) is 53.3 Å². The van der Waals surface area contributed by atoms with Crippen LogP contribution in [0.1, 0.15) is 74.7 Å². The molecule has 0 aliphatic carbocycles. The van der Waals surface area contributed by atoms with Gasteiger partial charge >= 0.3 is 12.0 Å². The van der Waals surface area contributed by atoms with Crippen molar-refractivity contribution in [1.29, 1.82) is 0 Å². The predicted octanol–water partition coefficient (Wildman–Crippen LogP) is 6.66. The van der Waals surface area contributed by atoms with Crippen molar-refractivity contribution < 1.29 is 14.3 Å². The number of unbranched alkanes of at least 4 members (excludes halogenated alkanes) is 4. The Labute approximate surface area is 261 Å². The number of urea groups is 1. The fourth-order valence-electron chi connectivity index (χ4n) is 5.62. The van der Waals surface area contributed by atoms with Crippen molar-refractivity contribution in [3.63, 3.8) is 0 Å². The Kier molecular flexibility index (Phi) is 12.6. The second-order valence-corrected chi connectivity index (χ2v) is 12.1. The molecule has 1 aliphatic heterocycles. The number of aromatic amines is 1. The Balaban J connectivity index is 1.39. The Morgan fingerprint density at radius 3 is 2.48 bits per heavy atom. The van der Waals surface area contributed by atoms with Gasteiger partial charge in [0, 0.05) is 44.5 Å². The van der Waals surface area contributed by atoms with Crippen LogP contribution in [-0.4, -0.2) is 61.2 Å². The monoisotopic (exact) mass is 600 g/mol. The van der Waals surface area contributed by atoms with E-state index in [1.807, 2.05) is 24.3 Å². The number of nitrogens with zero attached hydrogens (tertiary/aromatic N) is 2. The highest BCUT2D eigenvalue weighted by Gasteiger charge is 2.23. The average Bonchev–Trinajstić information content (AvgIpc) is 3.03. The van der Waals surface area contributed by atoms with Gasteiger partial charge in [0.1, 0.15) is 6.10 Å². The Hall–Kier alpha value is -3.91. The summed E-state index contributed by atoms with van der Waals surface area (Å²) in [5.41, 5.74) is 3.89. The van der Waals surface area contributed by atoms with Crippen LogP contribution in [0.4, 0.5) is 10.5 Å². The Bertz CT molecular complexity index is 1400. The maximum atomic E-state index is 13.0. The number of aromatic nitrogens is 1.